The SMILES string of the molecule is CC=C1CN(C)C[C@@]2(C(=O)OC)Cc3c(n(OC)c4ccccc34)C(=O)C[C@@H]12. The molecule has 2 atom stereocenters. The topological polar surface area (TPSA) is 60.8 Å². The molecule has 6 nitrogen and oxygen atoms in total. The molecule has 28 heavy (non-hydrogen) atoms. The number of likely N-dealkylation sites (tertiary alicyclic amines) is 1. The summed E-state index contributed by atoms with van der Waals surface area (Å²) in [6.07, 6.45) is 2.77. The second kappa shape index (κ2) is 6.78. The number of fused-ring (bicyclic) bond motifs is 4. The highest BCUT2D eigenvalue weighted by Crippen LogP contribution is 2.48. The van der Waals surface area contributed by atoms with Crippen LogP contribution in [0, 0.1) is 11.3 Å². The van der Waals surface area contributed by atoms with E-state index in [-0.39, 0.29) is 24.1 Å². The Morgan fingerprint density at radius 1 is 1.29 bits per heavy atom. The number of ether oxygens (including phenoxy) is 1. The fraction of sp³-hybridized carbons (Fsp3) is 0.455. The maximum absolute atomic E-state index is 13.4. The molecule has 2 aliphatic rings. The van der Waals surface area contributed by atoms with Crippen LogP contribution in [0.3, 0.4) is 0 Å². The van der Waals surface area contributed by atoms with Crippen LogP contribution in [0.1, 0.15) is 29.4 Å². The Morgan fingerprint density at radius 3 is 2.71 bits per heavy atom. The van der Waals surface area contributed by atoms with Crippen LogP contribution in [0.5, 0.6) is 0 Å². The van der Waals surface area contributed by atoms with Gasteiger partial charge in [0.15, 0.2) is 5.78 Å². The fourth-order valence-corrected chi connectivity index (χ4v) is 5.23. The average Bonchev–Trinajstić information content (AvgIpc) is 2.94. The van der Waals surface area contributed by atoms with E-state index in [1.807, 2.05) is 44.3 Å². The van der Waals surface area contributed by atoms with E-state index in [2.05, 4.69) is 4.90 Å². The third kappa shape index (κ3) is 2.51. The maximum Gasteiger partial charge on any atom is 0.314 e. The van der Waals surface area contributed by atoms with Gasteiger partial charge in [0.05, 0.1) is 18.0 Å². The van der Waals surface area contributed by atoms with Gasteiger partial charge in [-0.2, -0.15) is 4.73 Å². The summed E-state index contributed by atoms with van der Waals surface area (Å²) in [5.41, 5.74) is 2.59. The summed E-state index contributed by atoms with van der Waals surface area (Å²) < 4.78 is 6.92. The van der Waals surface area contributed by atoms with Crippen LogP contribution in [0.4, 0.5) is 0 Å². The highest BCUT2D eigenvalue weighted by Gasteiger charge is 2.54. The van der Waals surface area contributed by atoms with E-state index >= 15 is 0 Å². The Hall–Kier alpha value is -2.60. The monoisotopic (exact) mass is 382 g/mol. The number of para-hydroxylation sites is 1. The van der Waals surface area contributed by atoms with Gasteiger partial charge in [-0.15, -0.1) is 0 Å². The van der Waals surface area contributed by atoms with E-state index in [0.29, 0.717) is 18.7 Å². The number of likely N-dealkylation sites (N-methyl/N-ethyl adjacent to an activating group) is 1. The van der Waals surface area contributed by atoms with E-state index in [9.17, 15) is 9.59 Å². The van der Waals surface area contributed by atoms with Crippen LogP contribution < -0.4 is 4.84 Å². The zero-order valence-corrected chi connectivity index (χ0v) is 16.8. The molecule has 6 heteroatoms. The number of rotatable bonds is 2. The van der Waals surface area contributed by atoms with Gasteiger partial charge in [0.25, 0.3) is 0 Å². The zero-order chi connectivity index (χ0) is 20.1. The number of piperidine rings is 1. The van der Waals surface area contributed by atoms with Gasteiger partial charge in [0.1, 0.15) is 12.8 Å². The number of methoxy groups -OCH3 is 1. The predicted octanol–water partition coefficient (Wildman–Crippen LogP) is 2.50. The van der Waals surface area contributed by atoms with E-state index in [0.717, 1.165) is 28.6 Å². The first-order chi connectivity index (χ1) is 13.5. The van der Waals surface area contributed by atoms with E-state index in [4.69, 9.17) is 9.57 Å². The molecular weight excluding hydrogens is 356 g/mol. The van der Waals surface area contributed by atoms with Gasteiger partial charge in [-0.05, 0) is 32.0 Å². The van der Waals surface area contributed by atoms with Crippen LogP contribution in [-0.4, -0.2) is 55.7 Å². The van der Waals surface area contributed by atoms with Gasteiger partial charge in [-0.1, -0.05) is 29.8 Å². The van der Waals surface area contributed by atoms with Gasteiger partial charge in [0, 0.05) is 30.8 Å². The minimum absolute atomic E-state index is 0.00716. The first-order valence-electron chi connectivity index (χ1n) is 9.59. The van der Waals surface area contributed by atoms with E-state index in [1.165, 1.54) is 7.11 Å². The van der Waals surface area contributed by atoms with Crippen molar-refractivity contribution in [3.05, 3.63) is 47.2 Å². The fourth-order valence-electron chi connectivity index (χ4n) is 5.23. The number of hydrogen-bond donors (Lipinski definition) is 0. The highest BCUT2D eigenvalue weighted by atomic mass is 16.6. The first kappa shape index (κ1) is 18.7. The van der Waals surface area contributed by atoms with Gasteiger partial charge >= 0.3 is 5.97 Å². The molecule has 0 saturated carbocycles. The normalized spacial score (nSPS) is 26.6. The molecule has 0 unspecified atom stereocenters. The van der Waals surface area contributed by atoms with Gasteiger partial charge in [-0.3, -0.25) is 9.59 Å². The molecule has 1 aromatic heterocycles. The number of carbonyl (C=O) groups excluding carboxylic acids is 2. The van der Waals surface area contributed by atoms with Crippen LogP contribution in [0.25, 0.3) is 10.9 Å². The maximum atomic E-state index is 13.4. The molecule has 148 valence electrons. The zero-order valence-electron chi connectivity index (χ0n) is 16.8. The molecule has 0 N–H and O–H groups in total. The van der Waals surface area contributed by atoms with Gasteiger partial charge in [0.2, 0.25) is 0 Å². The number of Topliss-reactive ketones (excluding diaryl/α,β-unsaturated/α-hetero) is 1. The van der Waals surface area contributed by atoms with Gasteiger partial charge < -0.3 is 14.5 Å². The van der Waals surface area contributed by atoms with Crippen LogP contribution in [-0.2, 0) is 16.0 Å². The molecule has 0 radical (unpaired) electrons. The smallest absolute Gasteiger partial charge is 0.314 e. The Balaban J connectivity index is 2.01. The number of hydrogen-bond acceptors (Lipinski definition) is 5. The van der Waals surface area contributed by atoms with Crippen LogP contribution in [0.2, 0.25) is 0 Å². The van der Waals surface area contributed by atoms with Crippen molar-refractivity contribution in [2.45, 2.75) is 19.8 Å². The minimum atomic E-state index is -0.798. The number of carbonyl (C=O) groups is 2. The lowest BCUT2D eigenvalue weighted by Gasteiger charge is -2.46. The summed E-state index contributed by atoms with van der Waals surface area (Å²) in [5.74, 6) is -0.420. The number of esters is 1. The van der Waals surface area contributed by atoms with Crippen molar-refractivity contribution in [2.75, 3.05) is 34.4 Å². The molecule has 1 saturated heterocycles. The Labute approximate surface area is 164 Å². The average molecular weight is 382 g/mol. The van der Waals surface area contributed by atoms with Crippen molar-refractivity contribution in [1.29, 1.82) is 0 Å². The van der Waals surface area contributed by atoms with Crippen molar-refractivity contribution in [3.8, 4) is 0 Å². The third-order valence-corrected chi connectivity index (χ3v) is 6.35. The number of benzene rings is 1. The largest absolute Gasteiger partial charge is 0.469 e. The summed E-state index contributed by atoms with van der Waals surface area (Å²) in [7, 11) is 5.01. The summed E-state index contributed by atoms with van der Waals surface area (Å²) >= 11 is 0. The van der Waals surface area contributed by atoms with Gasteiger partial charge in [-0.25, -0.2) is 0 Å². The number of nitrogens with zero attached hydrogens (tertiary/aromatic N) is 2. The van der Waals surface area contributed by atoms with Crippen molar-refractivity contribution in [2.24, 2.45) is 11.3 Å². The minimum Gasteiger partial charge on any atom is -0.469 e. The summed E-state index contributed by atoms with van der Waals surface area (Å²) in [4.78, 5) is 34.3. The standard InChI is InChI=1S/C22H26N2O4/c1-5-14-12-23(2)13-22(21(26)27-3)11-16-15-8-6-7-9-18(15)24(28-4)20(16)19(25)10-17(14)22/h5-9,17H,10-13H2,1-4H3/t17-,22-/m0/s1. The molecule has 1 aliphatic carbocycles. The molecule has 1 aliphatic heterocycles. The summed E-state index contributed by atoms with van der Waals surface area (Å²) in [5, 5.41) is 0.951. The van der Waals surface area contributed by atoms with E-state index in [1.54, 1.807) is 11.8 Å². The third-order valence-electron chi connectivity index (χ3n) is 6.35. The van der Waals surface area contributed by atoms with E-state index < -0.39 is 5.41 Å². The Kier molecular flexibility index (Phi) is 4.54. The second-order valence-electron chi connectivity index (χ2n) is 7.86. The lowest BCUT2D eigenvalue weighted by atomic mass is 9.65. The van der Waals surface area contributed by atoms with Crippen LogP contribution in [0.15, 0.2) is 35.9 Å². The molecule has 0 amide bonds. The Morgan fingerprint density at radius 2 is 2.04 bits per heavy atom. The molecule has 0 spiro atoms. The summed E-state index contributed by atoms with van der Waals surface area (Å²) in [6, 6.07) is 7.80. The van der Waals surface area contributed by atoms with Crippen molar-refractivity contribution in [3.63, 3.8) is 0 Å². The lowest BCUT2D eigenvalue weighted by molar-refractivity contribution is -0.158. The molecule has 2 heterocycles. The molecule has 2 aromatic rings. The summed E-state index contributed by atoms with van der Waals surface area (Å²) in [6.45, 7) is 3.28. The van der Waals surface area contributed by atoms with Crippen molar-refractivity contribution >= 4 is 22.7 Å². The predicted molar refractivity (Wildman–Crippen MR) is 106 cm³/mol. The highest BCUT2D eigenvalue weighted by molar-refractivity contribution is 6.04. The molecular formula is C22H26N2O4. The molecule has 1 fully saturated rings. The van der Waals surface area contributed by atoms with Crippen LogP contribution >= 0.6 is 0 Å². The number of allylic oxidation sites excluding steroid dienone is 1. The second-order valence-corrected chi connectivity index (χ2v) is 7.86. The van der Waals surface area contributed by atoms with Crippen molar-refractivity contribution in [1.82, 2.24) is 9.63 Å². The first-order valence-corrected chi connectivity index (χ1v) is 9.59. The lowest BCUT2D eigenvalue weighted by Crippen LogP contribution is -2.54. The quantitative estimate of drug-likeness (QED) is 0.590. The molecule has 1 aromatic carbocycles. The molecule has 4 rings (SSSR count). The van der Waals surface area contributed by atoms with Crippen molar-refractivity contribution < 1.29 is 19.2 Å². The molecule has 0 bridgehead atoms. The number of aromatic nitrogens is 1. The Bertz CT molecular complexity index is 990. The number of ketones is 1.